The molecule has 3 rings (SSSR count). The Kier molecular flexibility index (Phi) is 5.24. The first-order chi connectivity index (χ1) is 12.0. The molecule has 5 nitrogen and oxygen atoms in total. The first-order valence-corrected chi connectivity index (χ1v) is 8.54. The number of hydrogen-bond donors (Lipinski definition) is 1. The molecule has 1 aliphatic heterocycles. The summed E-state index contributed by atoms with van der Waals surface area (Å²) in [5.74, 6) is 0.715. The fraction of sp³-hybridized carbons (Fsp3) is 0.350. The van der Waals surface area contributed by atoms with Crippen LogP contribution >= 0.6 is 0 Å². The molecule has 0 unspecified atom stereocenters. The van der Waals surface area contributed by atoms with Crippen LogP contribution in [0.1, 0.15) is 16.7 Å². The summed E-state index contributed by atoms with van der Waals surface area (Å²) in [4.78, 5) is 16.5. The number of amides is 2. The Morgan fingerprint density at radius 1 is 1.16 bits per heavy atom. The summed E-state index contributed by atoms with van der Waals surface area (Å²) in [6.07, 6.45) is 0. The van der Waals surface area contributed by atoms with E-state index in [0.29, 0.717) is 31.1 Å². The second kappa shape index (κ2) is 7.57. The van der Waals surface area contributed by atoms with Crippen molar-refractivity contribution in [2.75, 3.05) is 32.6 Å². The van der Waals surface area contributed by atoms with E-state index in [-0.39, 0.29) is 6.03 Å². The molecule has 5 heteroatoms. The third-order valence-electron chi connectivity index (χ3n) is 4.30. The molecular formula is C20H25N3O2. The van der Waals surface area contributed by atoms with Crippen molar-refractivity contribution >= 4 is 11.7 Å². The predicted molar refractivity (Wildman–Crippen MR) is 99.9 cm³/mol. The fourth-order valence-corrected chi connectivity index (χ4v) is 2.86. The van der Waals surface area contributed by atoms with Crippen LogP contribution in [-0.4, -0.2) is 43.1 Å². The van der Waals surface area contributed by atoms with Crippen molar-refractivity contribution in [2.45, 2.75) is 20.0 Å². The molecule has 1 N–H and O–H groups in total. The van der Waals surface area contributed by atoms with Gasteiger partial charge in [0, 0.05) is 19.6 Å². The van der Waals surface area contributed by atoms with Gasteiger partial charge in [-0.15, -0.1) is 0 Å². The highest BCUT2D eigenvalue weighted by Gasteiger charge is 2.23. The molecule has 0 aromatic heterocycles. The number of anilines is 1. The molecule has 0 spiro atoms. The van der Waals surface area contributed by atoms with E-state index in [2.05, 4.69) is 22.3 Å². The van der Waals surface area contributed by atoms with E-state index in [9.17, 15) is 4.79 Å². The third-order valence-corrected chi connectivity index (χ3v) is 4.30. The molecule has 0 saturated heterocycles. The van der Waals surface area contributed by atoms with Crippen molar-refractivity contribution in [3.63, 3.8) is 0 Å². The lowest BCUT2D eigenvalue weighted by Gasteiger charge is -2.19. The van der Waals surface area contributed by atoms with Crippen molar-refractivity contribution < 1.29 is 9.53 Å². The number of ether oxygens (including phenoxy) is 1. The van der Waals surface area contributed by atoms with Gasteiger partial charge in [-0.3, -0.25) is 0 Å². The Morgan fingerprint density at radius 3 is 2.48 bits per heavy atom. The van der Waals surface area contributed by atoms with Crippen LogP contribution in [0.3, 0.4) is 0 Å². The molecule has 1 aliphatic rings. The van der Waals surface area contributed by atoms with Crippen LogP contribution in [0.4, 0.5) is 10.5 Å². The quantitative estimate of drug-likeness (QED) is 0.907. The van der Waals surface area contributed by atoms with Crippen LogP contribution in [0, 0.1) is 6.92 Å². The Morgan fingerprint density at radius 2 is 1.84 bits per heavy atom. The second-order valence-corrected chi connectivity index (χ2v) is 6.71. The summed E-state index contributed by atoms with van der Waals surface area (Å²) in [6.45, 7) is 4.70. The van der Waals surface area contributed by atoms with Gasteiger partial charge in [-0.25, -0.2) is 4.79 Å². The van der Waals surface area contributed by atoms with Gasteiger partial charge in [-0.05, 0) is 49.8 Å². The number of benzene rings is 2. The first kappa shape index (κ1) is 17.3. The van der Waals surface area contributed by atoms with Gasteiger partial charge in [-0.1, -0.05) is 30.3 Å². The monoisotopic (exact) mass is 339 g/mol. The van der Waals surface area contributed by atoms with Gasteiger partial charge >= 0.3 is 6.03 Å². The summed E-state index contributed by atoms with van der Waals surface area (Å²) in [7, 11) is 4.01. The van der Waals surface area contributed by atoms with Crippen molar-refractivity contribution in [2.24, 2.45) is 0 Å². The highest BCUT2D eigenvalue weighted by Crippen LogP contribution is 2.28. The smallest absolute Gasteiger partial charge is 0.322 e. The maximum atomic E-state index is 12.7. The Labute approximate surface area is 149 Å². The zero-order valence-electron chi connectivity index (χ0n) is 15.1. The van der Waals surface area contributed by atoms with Crippen LogP contribution in [0.25, 0.3) is 0 Å². The summed E-state index contributed by atoms with van der Waals surface area (Å²) in [6, 6.07) is 13.9. The van der Waals surface area contributed by atoms with Crippen molar-refractivity contribution in [3.8, 4) is 5.75 Å². The second-order valence-electron chi connectivity index (χ2n) is 6.71. The topological polar surface area (TPSA) is 44.8 Å². The lowest BCUT2D eigenvalue weighted by molar-refractivity contribution is 0.212. The van der Waals surface area contributed by atoms with Crippen molar-refractivity contribution in [1.29, 1.82) is 0 Å². The average molecular weight is 339 g/mol. The number of rotatable bonds is 5. The molecule has 2 aromatic rings. The molecule has 0 fully saturated rings. The van der Waals surface area contributed by atoms with Crippen molar-refractivity contribution in [1.82, 2.24) is 9.80 Å². The number of carbonyl (C=O) groups is 1. The molecule has 0 saturated carbocycles. The molecule has 0 bridgehead atoms. The number of fused-ring (bicyclic) bond motifs is 1. The minimum atomic E-state index is -0.0995. The van der Waals surface area contributed by atoms with Crippen LogP contribution in [0.15, 0.2) is 42.5 Å². The normalized spacial score (nSPS) is 13.0. The molecule has 1 heterocycles. The van der Waals surface area contributed by atoms with Crippen molar-refractivity contribution in [3.05, 3.63) is 59.2 Å². The van der Waals surface area contributed by atoms with E-state index in [1.165, 1.54) is 11.1 Å². The lowest BCUT2D eigenvalue weighted by atomic mass is 10.1. The van der Waals surface area contributed by atoms with E-state index in [0.717, 1.165) is 12.1 Å². The zero-order chi connectivity index (χ0) is 17.8. The number of carbonyl (C=O) groups excluding carboxylic acids is 1. The molecule has 0 radical (unpaired) electrons. The largest absolute Gasteiger partial charge is 0.490 e. The number of nitrogens with one attached hydrogen (secondary N) is 1. The van der Waals surface area contributed by atoms with Gasteiger partial charge in [0.2, 0.25) is 0 Å². The number of urea groups is 1. The fourth-order valence-electron chi connectivity index (χ4n) is 2.86. The molecular weight excluding hydrogens is 314 g/mol. The van der Waals surface area contributed by atoms with Gasteiger partial charge in [-0.2, -0.15) is 0 Å². The van der Waals surface area contributed by atoms with Gasteiger partial charge in [0.25, 0.3) is 0 Å². The van der Waals surface area contributed by atoms with Crippen LogP contribution in [-0.2, 0) is 13.1 Å². The third kappa shape index (κ3) is 4.31. The Bertz CT molecular complexity index is 733. The summed E-state index contributed by atoms with van der Waals surface area (Å²) >= 11 is 0. The lowest BCUT2D eigenvalue weighted by Crippen LogP contribution is -2.30. The van der Waals surface area contributed by atoms with Gasteiger partial charge in [0.1, 0.15) is 12.4 Å². The zero-order valence-corrected chi connectivity index (χ0v) is 15.1. The highest BCUT2D eigenvalue weighted by atomic mass is 16.5. The van der Waals surface area contributed by atoms with E-state index >= 15 is 0 Å². The minimum Gasteiger partial charge on any atom is -0.490 e. The SMILES string of the molecule is Cc1ccc(NC(=O)N2Cc3ccccc3C2)c(OCCN(C)C)c1. The molecule has 2 aromatic carbocycles. The van der Waals surface area contributed by atoms with E-state index in [1.54, 1.807) is 0 Å². The maximum Gasteiger partial charge on any atom is 0.322 e. The van der Waals surface area contributed by atoms with Crippen LogP contribution in [0.5, 0.6) is 5.75 Å². The molecule has 2 amide bonds. The van der Waals surface area contributed by atoms with Gasteiger partial charge in [0.05, 0.1) is 5.69 Å². The summed E-state index contributed by atoms with van der Waals surface area (Å²) in [5, 5.41) is 3.00. The van der Waals surface area contributed by atoms with Crippen LogP contribution < -0.4 is 10.1 Å². The standard InChI is InChI=1S/C20H25N3O2/c1-15-8-9-18(19(12-15)25-11-10-22(2)3)21-20(24)23-13-16-6-4-5-7-17(16)14-23/h4-9,12H,10-11,13-14H2,1-3H3,(H,21,24). The van der Waals surface area contributed by atoms with Gasteiger partial charge in [0.15, 0.2) is 0 Å². The highest BCUT2D eigenvalue weighted by molar-refractivity contribution is 5.91. The maximum absolute atomic E-state index is 12.7. The van der Waals surface area contributed by atoms with E-state index < -0.39 is 0 Å². The van der Waals surface area contributed by atoms with Crippen LogP contribution in [0.2, 0.25) is 0 Å². The van der Waals surface area contributed by atoms with E-state index in [4.69, 9.17) is 4.74 Å². The Balaban J connectivity index is 1.67. The summed E-state index contributed by atoms with van der Waals surface area (Å²) < 4.78 is 5.88. The molecule has 25 heavy (non-hydrogen) atoms. The molecule has 132 valence electrons. The number of hydrogen-bond acceptors (Lipinski definition) is 3. The number of likely N-dealkylation sites (N-methyl/N-ethyl adjacent to an activating group) is 1. The number of nitrogens with zero attached hydrogens (tertiary/aromatic N) is 2. The number of aryl methyl sites for hydroxylation is 1. The molecule has 0 atom stereocenters. The first-order valence-electron chi connectivity index (χ1n) is 8.54. The predicted octanol–water partition coefficient (Wildman–Crippen LogP) is 3.48. The average Bonchev–Trinajstić information content (AvgIpc) is 3.01. The minimum absolute atomic E-state index is 0.0995. The summed E-state index contributed by atoms with van der Waals surface area (Å²) in [5.41, 5.74) is 4.24. The molecule has 0 aliphatic carbocycles. The Hall–Kier alpha value is -2.53. The van der Waals surface area contributed by atoms with E-state index in [1.807, 2.05) is 56.3 Å². The van der Waals surface area contributed by atoms with Gasteiger partial charge < -0.3 is 19.9 Å².